The summed E-state index contributed by atoms with van der Waals surface area (Å²) in [6.45, 7) is 2.79. The molecular weight excluding hydrogens is 278 g/mol. The molecule has 0 saturated carbocycles. The minimum absolute atomic E-state index is 0.283. The normalized spacial score (nSPS) is 10.3. The Kier molecular flexibility index (Phi) is 4.17. The highest BCUT2D eigenvalue weighted by Gasteiger charge is 2.23. The van der Waals surface area contributed by atoms with Gasteiger partial charge in [0.05, 0.1) is 28.4 Å². The predicted octanol–water partition coefficient (Wildman–Crippen LogP) is 3.12. The van der Waals surface area contributed by atoms with Crippen LogP contribution in [0.1, 0.15) is 12.5 Å². The molecule has 1 heterocycles. The molecule has 110 valence electrons. The first-order valence-corrected chi connectivity index (χ1v) is 6.21. The Morgan fingerprint density at radius 3 is 2.48 bits per heavy atom. The quantitative estimate of drug-likeness (QED) is 0.598. The Morgan fingerprint density at radius 1 is 1.19 bits per heavy atom. The van der Waals surface area contributed by atoms with E-state index in [-0.39, 0.29) is 11.4 Å². The highest BCUT2D eigenvalue weighted by molar-refractivity contribution is 5.66. The van der Waals surface area contributed by atoms with Gasteiger partial charge in [-0.2, -0.15) is 0 Å². The molecule has 0 saturated heterocycles. The van der Waals surface area contributed by atoms with Crippen LogP contribution in [0.25, 0.3) is 0 Å². The number of hydrogen-bond donors (Lipinski definition) is 0. The molecule has 0 aliphatic carbocycles. The zero-order valence-corrected chi connectivity index (χ0v) is 11.3. The highest BCUT2D eigenvalue weighted by Crippen LogP contribution is 2.32. The van der Waals surface area contributed by atoms with E-state index in [1.165, 1.54) is 18.4 Å². The van der Waals surface area contributed by atoms with Crippen LogP contribution in [0.15, 0.2) is 41.2 Å². The third-order valence-electron chi connectivity index (χ3n) is 3.04. The Morgan fingerprint density at radius 2 is 1.95 bits per heavy atom. The van der Waals surface area contributed by atoms with E-state index in [2.05, 4.69) is 0 Å². The molecule has 8 heteroatoms. The molecule has 21 heavy (non-hydrogen) atoms. The fourth-order valence-corrected chi connectivity index (χ4v) is 2.01. The summed E-state index contributed by atoms with van der Waals surface area (Å²) in [5.41, 5.74) is 0.623. The summed E-state index contributed by atoms with van der Waals surface area (Å²) in [6, 6.07) is 5.41. The molecule has 1 aromatic carbocycles. The van der Waals surface area contributed by atoms with Gasteiger partial charge in [0.15, 0.2) is 0 Å². The maximum atomic E-state index is 11.2. The Hall–Kier alpha value is -2.90. The first-order chi connectivity index (χ1) is 10.0. The summed E-state index contributed by atoms with van der Waals surface area (Å²) in [6.07, 6.45) is 3.08. The van der Waals surface area contributed by atoms with Gasteiger partial charge in [-0.25, -0.2) is 0 Å². The molecule has 0 aliphatic rings. The minimum atomic E-state index is -0.650. The van der Waals surface area contributed by atoms with Crippen LogP contribution in [0.3, 0.4) is 0 Å². The standard InChI is InChI=1S/C13H13N3O5/c1-2-14(8-10-5-6-21-9-10)12-4-3-11(15(17)18)7-13(12)16(19)20/h3-7,9H,2,8H2,1H3. The van der Waals surface area contributed by atoms with E-state index >= 15 is 0 Å². The van der Waals surface area contributed by atoms with Gasteiger partial charge in [0.25, 0.3) is 11.4 Å². The number of rotatable bonds is 6. The number of nitrogens with zero attached hydrogens (tertiary/aromatic N) is 3. The van der Waals surface area contributed by atoms with E-state index in [1.54, 1.807) is 17.2 Å². The van der Waals surface area contributed by atoms with Crippen molar-refractivity contribution in [3.63, 3.8) is 0 Å². The summed E-state index contributed by atoms with van der Waals surface area (Å²) < 4.78 is 4.97. The molecule has 2 rings (SSSR count). The smallest absolute Gasteiger partial charge is 0.299 e. The van der Waals surface area contributed by atoms with E-state index in [0.29, 0.717) is 18.8 Å². The monoisotopic (exact) mass is 291 g/mol. The molecule has 0 amide bonds. The van der Waals surface area contributed by atoms with Crippen molar-refractivity contribution in [1.82, 2.24) is 0 Å². The van der Waals surface area contributed by atoms with Gasteiger partial charge >= 0.3 is 0 Å². The number of benzene rings is 1. The third kappa shape index (κ3) is 3.16. The molecule has 0 N–H and O–H groups in total. The van der Waals surface area contributed by atoms with Crippen LogP contribution in [0.2, 0.25) is 0 Å². The van der Waals surface area contributed by atoms with Crippen LogP contribution < -0.4 is 4.90 Å². The highest BCUT2D eigenvalue weighted by atomic mass is 16.6. The number of furan rings is 1. The summed E-state index contributed by atoms with van der Waals surface area (Å²) in [5.74, 6) is 0. The fourth-order valence-electron chi connectivity index (χ4n) is 2.01. The van der Waals surface area contributed by atoms with Gasteiger partial charge in [-0.3, -0.25) is 20.2 Å². The average Bonchev–Trinajstić information content (AvgIpc) is 2.97. The molecule has 8 nitrogen and oxygen atoms in total. The van der Waals surface area contributed by atoms with Crippen LogP contribution in [0, 0.1) is 20.2 Å². The maximum absolute atomic E-state index is 11.2. The number of nitro benzene ring substituents is 2. The van der Waals surface area contributed by atoms with Gasteiger partial charge in [-0.15, -0.1) is 0 Å². The summed E-state index contributed by atoms with van der Waals surface area (Å²) in [4.78, 5) is 22.4. The van der Waals surface area contributed by atoms with Crippen molar-refractivity contribution in [2.24, 2.45) is 0 Å². The molecule has 0 unspecified atom stereocenters. The van der Waals surface area contributed by atoms with Crippen molar-refractivity contribution in [2.45, 2.75) is 13.5 Å². The topological polar surface area (TPSA) is 103 Å². The van der Waals surface area contributed by atoms with Gasteiger partial charge in [0, 0.05) is 24.7 Å². The van der Waals surface area contributed by atoms with E-state index in [0.717, 1.165) is 11.6 Å². The first kappa shape index (κ1) is 14.5. The van der Waals surface area contributed by atoms with Crippen molar-refractivity contribution in [1.29, 1.82) is 0 Å². The number of anilines is 1. The lowest BCUT2D eigenvalue weighted by Crippen LogP contribution is -2.22. The molecule has 2 aromatic rings. The van der Waals surface area contributed by atoms with Crippen LogP contribution in [-0.2, 0) is 6.54 Å². The molecule has 0 bridgehead atoms. The summed E-state index contributed by atoms with van der Waals surface area (Å²) in [5, 5.41) is 21.9. The van der Waals surface area contributed by atoms with Crippen molar-refractivity contribution >= 4 is 17.1 Å². The largest absolute Gasteiger partial charge is 0.472 e. The predicted molar refractivity (Wildman–Crippen MR) is 75.2 cm³/mol. The van der Waals surface area contributed by atoms with Crippen molar-refractivity contribution in [3.8, 4) is 0 Å². The molecule has 0 atom stereocenters. The number of non-ortho nitro benzene ring substituents is 1. The number of hydrogen-bond acceptors (Lipinski definition) is 6. The van der Waals surface area contributed by atoms with E-state index in [9.17, 15) is 20.2 Å². The van der Waals surface area contributed by atoms with Gasteiger partial charge < -0.3 is 9.32 Å². The lowest BCUT2D eigenvalue weighted by atomic mass is 10.2. The van der Waals surface area contributed by atoms with Crippen molar-refractivity contribution < 1.29 is 14.3 Å². The van der Waals surface area contributed by atoms with Gasteiger partial charge in [0.2, 0.25) is 0 Å². The van der Waals surface area contributed by atoms with Gasteiger partial charge in [-0.05, 0) is 19.1 Å². The lowest BCUT2D eigenvalue weighted by molar-refractivity contribution is -0.393. The van der Waals surface area contributed by atoms with Crippen LogP contribution in [0.5, 0.6) is 0 Å². The summed E-state index contributed by atoms with van der Waals surface area (Å²) in [7, 11) is 0. The second-order valence-electron chi connectivity index (χ2n) is 4.33. The lowest BCUT2D eigenvalue weighted by Gasteiger charge is -2.21. The zero-order chi connectivity index (χ0) is 15.4. The fraction of sp³-hybridized carbons (Fsp3) is 0.231. The van der Waals surface area contributed by atoms with Gasteiger partial charge in [0.1, 0.15) is 5.69 Å². The molecule has 0 aliphatic heterocycles. The zero-order valence-electron chi connectivity index (χ0n) is 11.3. The summed E-state index contributed by atoms with van der Waals surface area (Å²) >= 11 is 0. The van der Waals surface area contributed by atoms with Crippen LogP contribution in [0.4, 0.5) is 17.1 Å². The average molecular weight is 291 g/mol. The van der Waals surface area contributed by atoms with Crippen molar-refractivity contribution in [3.05, 3.63) is 62.6 Å². The Balaban J connectivity index is 2.40. The second-order valence-corrected chi connectivity index (χ2v) is 4.33. The van der Waals surface area contributed by atoms with E-state index < -0.39 is 9.85 Å². The molecule has 1 aromatic heterocycles. The van der Waals surface area contributed by atoms with Crippen LogP contribution in [-0.4, -0.2) is 16.4 Å². The Labute approximate surface area is 119 Å². The van der Waals surface area contributed by atoms with Gasteiger partial charge in [-0.1, -0.05) is 0 Å². The molecule has 0 spiro atoms. The van der Waals surface area contributed by atoms with E-state index in [4.69, 9.17) is 4.42 Å². The molecule has 0 fully saturated rings. The third-order valence-corrected chi connectivity index (χ3v) is 3.04. The molecular formula is C13H13N3O5. The maximum Gasteiger partial charge on any atom is 0.299 e. The Bertz CT molecular complexity index is 654. The van der Waals surface area contributed by atoms with E-state index in [1.807, 2.05) is 6.92 Å². The van der Waals surface area contributed by atoms with Crippen molar-refractivity contribution in [2.75, 3.05) is 11.4 Å². The second kappa shape index (κ2) is 6.04. The first-order valence-electron chi connectivity index (χ1n) is 6.21. The minimum Gasteiger partial charge on any atom is -0.472 e. The SMILES string of the molecule is CCN(Cc1ccoc1)c1ccc([N+](=O)[O-])cc1[N+](=O)[O-]. The number of nitro groups is 2. The van der Waals surface area contributed by atoms with Crippen LogP contribution >= 0.6 is 0 Å². The molecule has 0 radical (unpaired) electrons.